The third-order valence-electron chi connectivity index (χ3n) is 3.89. The van der Waals surface area contributed by atoms with Crippen molar-refractivity contribution in [1.82, 2.24) is 5.32 Å². The predicted octanol–water partition coefficient (Wildman–Crippen LogP) is -0.0343. The number of rotatable bonds is 4. The van der Waals surface area contributed by atoms with Gasteiger partial charge in [0.1, 0.15) is 5.92 Å². The lowest BCUT2D eigenvalue weighted by Crippen LogP contribution is -2.58. The highest BCUT2D eigenvalue weighted by Crippen LogP contribution is 2.29. The summed E-state index contributed by atoms with van der Waals surface area (Å²) in [6.07, 6.45) is 0. The van der Waals surface area contributed by atoms with Crippen molar-refractivity contribution >= 4 is 11.9 Å². The van der Waals surface area contributed by atoms with Gasteiger partial charge in [-0.25, -0.2) is 0 Å². The Bertz CT molecular complexity index is 346. The Morgan fingerprint density at radius 3 is 2.28 bits per heavy atom. The molecule has 0 saturated carbocycles. The largest absolute Gasteiger partial charge is 0.481 e. The standard InChI is InChI=1S/C12H22N2O4/c1-11(2,12(3,4)13)10(17)14-8-6-18-5-7(8)9(15)16/h7-8H,5-6,13H2,1-4H3,(H,14,17)(H,15,16). The minimum atomic E-state index is -0.956. The minimum Gasteiger partial charge on any atom is -0.481 e. The van der Waals surface area contributed by atoms with Gasteiger partial charge in [0, 0.05) is 5.54 Å². The van der Waals surface area contributed by atoms with Crippen LogP contribution in [0.3, 0.4) is 0 Å². The first-order valence-electron chi connectivity index (χ1n) is 5.98. The van der Waals surface area contributed by atoms with Crippen LogP contribution >= 0.6 is 0 Å². The lowest BCUT2D eigenvalue weighted by atomic mass is 9.74. The van der Waals surface area contributed by atoms with E-state index >= 15 is 0 Å². The first kappa shape index (κ1) is 14.9. The number of carboxylic acids is 1. The van der Waals surface area contributed by atoms with Crippen LogP contribution in [0, 0.1) is 11.3 Å². The summed E-state index contributed by atoms with van der Waals surface area (Å²) in [5.41, 5.74) is 4.48. The van der Waals surface area contributed by atoms with Gasteiger partial charge in [-0.2, -0.15) is 0 Å². The number of nitrogens with one attached hydrogen (secondary N) is 1. The van der Waals surface area contributed by atoms with Crippen LogP contribution < -0.4 is 11.1 Å². The van der Waals surface area contributed by atoms with E-state index in [0.29, 0.717) is 0 Å². The molecule has 1 aliphatic rings. The van der Waals surface area contributed by atoms with Gasteiger partial charge in [-0.15, -0.1) is 0 Å². The van der Waals surface area contributed by atoms with Crippen molar-refractivity contribution in [2.75, 3.05) is 13.2 Å². The van der Waals surface area contributed by atoms with Gasteiger partial charge in [0.2, 0.25) is 5.91 Å². The zero-order valence-corrected chi connectivity index (χ0v) is 11.3. The highest BCUT2D eigenvalue weighted by molar-refractivity contribution is 5.84. The van der Waals surface area contributed by atoms with E-state index in [9.17, 15) is 9.59 Å². The van der Waals surface area contributed by atoms with E-state index in [2.05, 4.69) is 5.32 Å². The molecule has 0 aliphatic carbocycles. The quantitative estimate of drug-likeness (QED) is 0.657. The van der Waals surface area contributed by atoms with E-state index in [1.165, 1.54) is 0 Å². The Labute approximate surface area is 107 Å². The van der Waals surface area contributed by atoms with Gasteiger partial charge in [0.05, 0.1) is 24.7 Å². The smallest absolute Gasteiger partial charge is 0.311 e. The molecule has 2 unspecified atom stereocenters. The van der Waals surface area contributed by atoms with E-state index in [0.717, 1.165) is 0 Å². The molecule has 6 nitrogen and oxygen atoms in total. The predicted molar refractivity (Wildman–Crippen MR) is 65.9 cm³/mol. The molecule has 6 heteroatoms. The second-order valence-electron chi connectivity index (χ2n) is 5.91. The van der Waals surface area contributed by atoms with Gasteiger partial charge >= 0.3 is 5.97 Å². The maximum Gasteiger partial charge on any atom is 0.311 e. The summed E-state index contributed by atoms with van der Waals surface area (Å²) < 4.78 is 5.10. The molecule has 1 heterocycles. The SMILES string of the molecule is CC(C)(N)C(C)(C)C(=O)NC1COCC1C(=O)O. The molecule has 1 aliphatic heterocycles. The van der Waals surface area contributed by atoms with E-state index < -0.39 is 28.9 Å². The summed E-state index contributed by atoms with van der Waals surface area (Å²) >= 11 is 0. The lowest BCUT2D eigenvalue weighted by Gasteiger charge is -2.37. The normalized spacial score (nSPS) is 24.9. The average Bonchev–Trinajstić information content (AvgIpc) is 2.63. The first-order chi connectivity index (χ1) is 8.07. The molecule has 1 rings (SSSR count). The molecule has 1 saturated heterocycles. The Balaban J connectivity index is 2.74. The number of ether oxygens (including phenoxy) is 1. The van der Waals surface area contributed by atoms with Crippen molar-refractivity contribution in [1.29, 1.82) is 0 Å². The van der Waals surface area contributed by atoms with E-state index in [1.54, 1.807) is 27.7 Å². The monoisotopic (exact) mass is 258 g/mol. The summed E-state index contributed by atoms with van der Waals surface area (Å²) in [7, 11) is 0. The number of carbonyl (C=O) groups is 2. The second-order valence-corrected chi connectivity index (χ2v) is 5.91. The van der Waals surface area contributed by atoms with Gasteiger partial charge in [-0.05, 0) is 27.7 Å². The highest BCUT2D eigenvalue weighted by atomic mass is 16.5. The fourth-order valence-electron chi connectivity index (χ4n) is 1.58. The maximum absolute atomic E-state index is 12.2. The molecule has 18 heavy (non-hydrogen) atoms. The molecule has 104 valence electrons. The molecule has 0 aromatic heterocycles. The van der Waals surface area contributed by atoms with Gasteiger partial charge < -0.3 is 20.9 Å². The second kappa shape index (κ2) is 4.85. The summed E-state index contributed by atoms with van der Waals surface area (Å²) in [6, 6.07) is -0.489. The summed E-state index contributed by atoms with van der Waals surface area (Å²) in [6.45, 7) is 7.39. The van der Waals surface area contributed by atoms with E-state index in [4.69, 9.17) is 15.6 Å². The highest BCUT2D eigenvalue weighted by Gasteiger charge is 2.43. The molecule has 0 spiro atoms. The fraction of sp³-hybridized carbons (Fsp3) is 0.833. The Morgan fingerprint density at radius 1 is 1.28 bits per heavy atom. The van der Waals surface area contributed by atoms with Crippen molar-refractivity contribution in [2.24, 2.45) is 17.1 Å². The number of aliphatic carboxylic acids is 1. The summed E-state index contributed by atoms with van der Waals surface area (Å²) in [5, 5.41) is 11.7. The molecule has 2 atom stereocenters. The zero-order chi connectivity index (χ0) is 14.1. The molecule has 1 amide bonds. The molecular weight excluding hydrogens is 236 g/mol. The lowest BCUT2D eigenvalue weighted by molar-refractivity contribution is -0.142. The van der Waals surface area contributed by atoms with Crippen molar-refractivity contribution in [3.05, 3.63) is 0 Å². The Hall–Kier alpha value is -1.14. The number of hydrogen-bond donors (Lipinski definition) is 3. The van der Waals surface area contributed by atoms with Crippen LogP contribution in [0.4, 0.5) is 0 Å². The van der Waals surface area contributed by atoms with Crippen molar-refractivity contribution < 1.29 is 19.4 Å². The average molecular weight is 258 g/mol. The van der Waals surface area contributed by atoms with Crippen LogP contribution in [0.1, 0.15) is 27.7 Å². The van der Waals surface area contributed by atoms with E-state index in [1.807, 2.05) is 0 Å². The summed E-state index contributed by atoms with van der Waals surface area (Å²) in [4.78, 5) is 23.2. The van der Waals surface area contributed by atoms with Gasteiger partial charge in [0.25, 0.3) is 0 Å². The van der Waals surface area contributed by atoms with Crippen LogP contribution in [0.2, 0.25) is 0 Å². The molecule has 0 aromatic rings. The van der Waals surface area contributed by atoms with Crippen LogP contribution in [0.15, 0.2) is 0 Å². The minimum absolute atomic E-state index is 0.132. The van der Waals surface area contributed by atoms with Crippen molar-refractivity contribution in [3.63, 3.8) is 0 Å². The van der Waals surface area contributed by atoms with Crippen LogP contribution in [-0.4, -0.2) is 41.8 Å². The number of carboxylic acid groups (broad SMARTS) is 1. The van der Waals surface area contributed by atoms with Gasteiger partial charge in [0.15, 0.2) is 0 Å². The molecule has 1 fully saturated rings. The Kier molecular flexibility index (Phi) is 4.02. The molecule has 0 radical (unpaired) electrons. The Morgan fingerprint density at radius 2 is 1.83 bits per heavy atom. The molecular formula is C12H22N2O4. The number of nitrogens with two attached hydrogens (primary N) is 1. The third kappa shape index (κ3) is 2.81. The maximum atomic E-state index is 12.2. The van der Waals surface area contributed by atoms with Crippen LogP contribution in [0.25, 0.3) is 0 Å². The molecule has 0 aromatic carbocycles. The number of amides is 1. The van der Waals surface area contributed by atoms with Gasteiger partial charge in [-0.3, -0.25) is 9.59 Å². The first-order valence-corrected chi connectivity index (χ1v) is 5.98. The molecule has 4 N–H and O–H groups in total. The topological polar surface area (TPSA) is 102 Å². The summed E-state index contributed by atoms with van der Waals surface area (Å²) in [5.74, 6) is -1.90. The van der Waals surface area contributed by atoms with Crippen LogP contribution in [-0.2, 0) is 14.3 Å². The molecule has 0 bridgehead atoms. The van der Waals surface area contributed by atoms with Gasteiger partial charge in [-0.1, -0.05) is 0 Å². The number of hydrogen-bond acceptors (Lipinski definition) is 4. The van der Waals surface area contributed by atoms with Crippen molar-refractivity contribution in [3.8, 4) is 0 Å². The fourth-order valence-corrected chi connectivity index (χ4v) is 1.58. The third-order valence-corrected chi connectivity index (χ3v) is 3.89. The van der Waals surface area contributed by atoms with Crippen LogP contribution in [0.5, 0.6) is 0 Å². The zero-order valence-electron chi connectivity index (χ0n) is 11.3. The number of carbonyl (C=O) groups excluding carboxylic acids is 1. The van der Waals surface area contributed by atoms with Crippen molar-refractivity contribution in [2.45, 2.75) is 39.3 Å². The van der Waals surface area contributed by atoms with E-state index in [-0.39, 0.29) is 19.1 Å².